The molecule has 0 bridgehead atoms. The van der Waals surface area contributed by atoms with Gasteiger partial charge in [-0.1, -0.05) is 11.3 Å². The van der Waals surface area contributed by atoms with Gasteiger partial charge in [0, 0.05) is 42.2 Å². The number of benzene rings is 1. The molecule has 0 spiro atoms. The third kappa shape index (κ3) is 3.67. The van der Waals surface area contributed by atoms with E-state index in [4.69, 9.17) is 9.84 Å². The van der Waals surface area contributed by atoms with Gasteiger partial charge in [-0.15, -0.1) is 5.10 Å². The molecular formula is C25H26N8O. The maximum Gasteiger partial charge on any atom is 0.150 e. The topological polar surface area (TPSA) is 88.5 Å². The fourth-order valence-electron chi connectivity index (χ4n) is 4.41. The van der Waals surface area contributed by atoms with Crippen LogP contribution < -0.4 is 0 Å². The van der Waals surface area contributed by atoms with Gasteiger partial charge >= 0.3 is 0 Å². The summed E-state index contributed by atoms with van der Waals surface area (Å²) in [5, 5.41) is 19.3. The molecule has 0 saturated carbocycles. The largest absolute Gasteiger partial charge is 0.356 e. The van der Waals surface area contributed by atoms with E-state index >= 15 is 0 Å². The highest BCUT2D eigenvalue weighted by atomic mass is 16.5. The summed E-state index contributed by atoms with van der Waals surface area (Å²) >= 11 is 0. The van der Waals surface area contributed by atoms with Gasteiger partial charge in [-0.25, -0.2) is 9.36 Å². The molecule has 1 unspecified atom stereocenters. The second kappa shape index (κ2) is 8.49. The Morgan fingerprint density at radius 3 is 2.68 bits per heavy atom. The minimum atomic E-state index is -0.0743. The summed E-state index contributed by atoms with van der Waals surface area (Å²) in [6.07, 6.45) is 12.5. The van der Waals surface area contributed by atoms with Gasteiger partial charge in [0.15, 0.2) is 6.23 Å². The van der Waals surface area contributed by atoms with Gasteiger partial charge in [0.1, 0.15) is 11.4 Å². The van der Waals surface area contributed by atoms with Crippen molar-refractivity contribution in [2.45, 2.75) is 45.4 Å². The van der Waals surface area contributed by atoms with Crippen molar-refractivity contribution in [3.05, 3.63) is 61.3 Å². The standard InChI is InChI=1S/C25H26N8O/c1-17(2)31-15-19(14-27-31)18-6-7-23-21(13-18)25(29-33(23)24-5-3-4-12-34-24)22-16-32(30-28-22)20-8-10-26-11-9-20/h6-11,13-17,24H,3-5,12H2,1-2H3. The third-order valence-corrected chi connectivity index (χ3v) is 6.26. The highest BCUT2D eigenvalue weighted by Crippen LogP contribution is 2.35. The highest BCUT2D eigenvalue weighted by Gasteiger charge is 2.23. The molecule has 9 heteroatoms. The first-order valence-electron chi connectivity index (χ1n) is 11.7. The molecule has 4 aromatic heterocycles. The predicted molar refractivity (Wildman–Crippen MR) is 128 cm³/mol. The van der Waals surface area contributed by atoms with E-state index in [1.807, 2.05) is 33.9 Å². The van der Waals surface area contributed by atoms with Gasteiger partial charge in [0.25, 0.3) is 0 Å². The summed E-state index contributed by atoms with van der Waals surface area (Å²) in [5.41, 5.74) is 5.60. The van der Waals surface area contributed by atoms with E-state index in [-0.39, 0.29) is 6.23 Å². The SMILES string of the molecule is CC(C)n1cc(-c2ccc3c(c2)c(-c2cn(-c4ccncc4)nn2)nn3C2CCCCO2)cn1. The molecule has 34 heavy (non-hydrogen) atoms. The Morgan fingerprint density at radius 1 is 1.03 bits per heavy atom. The first-order chi connectivity index (χ1) is 16.7. The number of pyridine rings is 1. The van der Waals surface area contributed by atoms with Crippen LogP contribution in [0.15, 0.2) is 61.3 Å². The summed E-state index contributed by atoms with van der Waals surface area (Å²) in [4.78, 5) is 4.08. The van der Waals surface area contributed by atoms with E-state index < -0.39 is 0 Å². The van der Waals surface area contributed by atoms with E-state index in [2.05, 4.69) is 58.6 Å². The smallest absolute Gasteiger partial charge is 0.150 e. The molecule has 0 radical (unpaired) electrons. The summed E-state index contributed by atoms with van der Waals surface area (Å²) in [6, 6.07) is 10.5. The Balaban J connectivity index is 1.48. The molecule has 1 aliphatic heterocycles. The molecule has 5 aromatic rings. The number of aromatic nitrogens is 8. The van der Waals surface area contributed by atoms with Crippen LogP contribution in [0.25, 0.3) is 39.1 Å². The fraction of sp³-hybridized carbons (Fsp3) is 0.320. The van der Waals surface area contributed by atoms with Crippen LogP contribution in [0.1, 0.15) is 45.4 Å². The highest BCUT2D eigenvalue weighted by molar-refractivity contribution is 5.95. The molecule has 1 fully saturated rings. The zero-order valence-corrected chi connectivity index (χ0v) is 19.2. The Kier molecular flexibility index (Phi) is 5.18. The average molecular weight is 455 g/mol. The molecule has 172 valence electrons. The Labute approximate surface area is 197 Å². The van der Waals surface area contributed by atoms with Gasteiger partial charge in [0.2, 0.25) is 0 Å². The normalized spacial score (nSPS) is 16.5. The van der Waals surface area contributed by atoms with E-state index in [9.17, 15) is 0 Å². The number of rotatable bonds is 5. The van der Waals surface area contributed by atoms with E-state index in [1.54, 1.807) is 17.1 Å². The minimum Gasteiger partial charge on any atom is -0.356 e. The van der Waals surface area contributed by atoms with Crippen LogP contribution >= 0.6 is 0 Å². The molecule has 1 saturated heterocycles. The number of hydrogen-bond donors (Lipinski definition) is 0. The van der Waals surface area contributed by atoms with Crippen molar-refractivity contribution in [1.29, 1.82) is 0 Å². The van der Waals surface area contributed by atoms with Crippen LogP contribution in [-0.4, -0.2) is 46.1 Å². The molecule has 1 atom stereocenters. The van der Waals surface area contributed by atoms with Gasteiger partial charge < -0.3 is 4.74 Å². The summed E-state index contributed by atoms with van der Waals surface area (Å²) in [6.45, 7) is 5.00. The lowest BCUT2D eigenvalue weighted by Crippen LogP contribution is -2.19. The van der Waals surface area contributed by atoms with Crippen LogP contribution in [0.2, 0.25) is 0 Å². The van der Waals surface area contributed by atoms with Crippen LogP contribution in [0.3, 0.4) is 0 Å². The Hall–Kier alpha value is -3.85. The first-order valence-corrected chi connectivity index (χ1v) is 11.7. The maximum absolute atomic E-state index is 6.08. The average Bonchev–Trinajstić information content (AvgIpc) is 3.63. The number of fused-ring (bicyclic) bond motifs is 1. The van der Waals surface area contributed by atoms with Gasteiger partial charge in [-0.3, -0.25) is 9.67 Å². The molecule has 6 rings (SSSR count). The van der Waals surface area contributed by atoms with Crippen molar-refractivity contribution in [2.75, 3.05) is 6.61 Å². The van der Waals surface area contributed by atoms with Crippen molar-refractivity contribution in [2.24, 2.45) is 0 Å². The van der Waals surface area contributed by atoms with Gasteiger partial charge in [-0.05, 0) is 62.9 Å². The lowest BCUT2D eigenvalue weighted by Gasteiger charge is -2.23. The summed E-state index contributed by atoms with van der Waals surface area (Å²) in [7, 11) is 0. The molecule has 0 amide bonds. The van der Waals surface area contributed by atoms with Crippen molar-refractivity contribution in [3.63, 3.8) is 0 Å². The number of hydrogen-bond acceptors (Lipinski definition) is 6. The zero-order valence-electron chi connectivity index (χ0n) is 19.2. The molecule has 5 heterocycles. The molecular weight excluding hydrogens is 428 g/mol. The molecule has 9 nitrogen and oxygen atoms in total. The van der Waals surface area contributed by atoms with Crippen LogP contribution in [0.5, 0.6) is 0 Å². The van der Waals surface area contributed by atoms with Crippen LogP contribution in [0.4, 0.5) is 0 Å². The fourth-order valence-corrected chi connectivity index (χ4v) is 4.41. The Bertz CT molecular complexity index is 1430. The number of nitrogens with zero attached hydrogens (tertiary/aromatic N) is 8. The van der Waals surface area contributed by atoms with Crippen LogP contribution in [0, 0.1) is 0 Å². The van der Waals surface area contributed by atoms with Crippen molar-refractivity contribution in [3.8, 4) is 28.2 Å². The van der Waals surface area contributed by atoms with Crippen molar-refractivity contribution in [1.82, 2.24) is 39.5 Å². The second-order valence-corrected chi connectivity index (χ2v) is 8.90. The van der Waals surface area contributed by atoms with E-state index in [1.165, 1.54) is 0 Å². The van der Waals surface area contributed by atoms with E-state index in [0.29, 0.717) is 11.7 Å². The van der Waals surface area contributed by atoms with Crippen molar-refractivity contribution >= 4 is 10.9 Å². The molecule has 0 aliphatic carbocycles. The predicted octanol–water partition coefficient (Wildman–Crippen LogP) is 4.82. The zero-order chi connectivity index (χ0) is 23.1. The maximum atomic E-state index is 6.08. The van der Waals surface area contributed by atoms with E-state index in [0.717, 1.165) is 59.3 Å². The van der Waals surface area contributed by atoms with Crippen LogP contribution in [-0.2, 0) is 4.74 Å². The lowest BCUT2D eigenvalue weighted by atomic mass is 10.1. The third-order valence-electron chi connectivity index (χ3n) is 6.26. The number of ether oxygens (including phenoxy) is 1. The lowest BCUT2D eigenvalue weighted by molar-refractivity contribution is -0.0365. The first kappa shape index (κ1) is 20.7. The van der Waals surface area contributed by atoms with Gasteiger partial charge in [-0.2, -0.15) is 10.2 Å². The summed E-state index contributed by atoms with van der Waals surface area (Å²) in [5.74, 6) is 0. The second-order valence-electron chi connectivity index (χ2n) is 8.90. The molecule has 1 aromatic carbocycles. The quantitative estimate of drug-likeness (QED) is 0.378. The minimum absolute atomic E-state index is 0.0743. The Morgan fingerprint density at radius 2 is 1.91 bits per heavy atom. The molecule has 0 N–H and O–H groups in total. The summed E-state index contributed by atoms with van der Waals surface area (Å²) < 4.78 is 11.8. The van der Waals surface area contributed by atoms with Crippen molar-refractivity contribution < 1.29 is 4.74 Å². The van der Waals surface area contributed by atoms with Gasteiger partial charge in [0.05, 0.1) is 23.6 Å². The monoisotopic (exact) mass is 454 g/mol. The molecule has 1 aliphatic rings.